The largest absolute Gasteiger partial charge is 0.306 e. The van der Waals surface area contributed by atoms with Crippen molar-refractivity contribution < 1.29 is 0 Å². The summed E-state index contributed by atoms with van der Waals surface area (Å²) in [5.74, 6) is 0. The lowest BCUT2D eigenvalue weighted by atomic mass is 9.82. The molecule has 0 aliphatic carbocycles. The molecule has 0 amide bonds. The standard InChI is InChI=1S/C16H19N3/c1-15(2,11-17)13-7-12(10-18-5)8-14(9-13)16(3,4)19-6/h7-10H,1-5H3/b18-10-. The summed E-state index contributed by atoms with van der Waals surface area (Å²) in [5, 5.41) is 9.28. The fraction of sp³-hybridized carbons (Fsp3) is 0.438. The van der Waals surface area contributed by atoms with Crippen molar-refractivity contribution in [2.24, 2.45) is 4.99 Å². The van der Waals surface area contributed by atoms with Crippen LogP contribution in [0.3, 0.4) is 0 Å². The van der Waals surface area contributed by atoms with Crippen molar-refractivity contribution in [2.45, 2.75) is 38.6 Å². The van der Waals surface area contributed by atoms with Gasteiger partial charge in [-0.05, 0) is 43.2 Å². The molecule has 3 heteroatoms. The second-order valence-corrected chi connectivity index (χ2v) is 5.64. The van der Waals surface area contributed by atoms with E-state index in [4.69, 9.17) is 6.57 Å². The number of nitriles is 1. The Hall–Kier alpha value is -2.13. The number of benzene rings is 1. The van der Waals surface area contributed by atoms with Crippen molar-refractivity contribution in [1.82, 2.24) is 0 Å². The predicted molar refractivity (Wildman–Crippen MR) is 78.2 cm³/mol. The Kier molecular flexibility index (Phi) is 4.12. The first-order valence-corrected chi connectivity index (χ1v) is 6.15. The minimum Gasteiger partial charge on any atom is -0.306 e. The van der Waals surface area contributed by atoms with E-state index in [0.29, 0.717) is 0 Å². The zero-order chi connectivity index (χ0) is 14.7. The predicted octanol–water partition coefficient (Wildman–Crippen LogP) is 3.69. The minimum atomic E-state index is -0.599. The van der Waals surface area contributed by atoms with E-state index in [0.717, 1.165) is 16.7 Å². The van der Waals surface area contributed by atoms with Gasteiger partial charge in [-0.3, -0.25) is 4.99 Å². The summed E-state index contributed by atoms with van der Waals surface area (Å²) in [6.45, 7) is 14.8. The summed E-state index contributed by atoms with van der Waals surface area (Å²) in [6.07, 6.45) is 1.75. The van der Waals surface area contributed by atoms with Crippen LogP contribution in [0.2, 0.25) is 0 Å². The fourth-order valence-corrected chi connectivity index (χ4v) is 1.72. The van der Waals surface area contributed by atoms with Gasteiger partial charge in [0.1, 0.15) is 0 Å². The summed E-state index contributed by atoms with van der Waals surface area (Å²) in [5.41, 5.74) is 1.58. The normalized spacial score (nSPS) is 12.2. The molecule has 1 aromatic carbocycles. The maximum atomic E-state index is 9.28. The molecule has 98 valence electrons. The van der Waals surface area contributed by atoms with Gasteiger partial charge in [-0.2, -0.15) is 5.26 Å². The molecule has 0 fully saturated rings. The van der Waals surface area contributed by atoms with Gasteiger partial charge < -0.3 is 4.85 Å². The smallest absolute Gasteiger partial charge is 0.252 e. The van der Waals surface area contributed by atoms with Crippen LogP contribution in [0.25, 0.3) is 4.85 Å². The van der Waals surface area contributed by atoms with Crippen LogP contribution in [0.4, 0.5) is 0 Å². The molecular formula is C16H19N3. The van der Waals surface area contributed by atoms with Crippen molar-refractivity contribution in [3.8, 4) is 6.07 Å². The number of aliphatic imine (C=N–C) groups is 1. The first kappa shape index (κ1) is 14.9. The van der Waals surface area contributed by atoms with E-state index in [1.165, 1.54) is 0 Å². The molecule has 0 spiro atoms. The minimum absolute atomic E-state index is 0.579. The first-order valence-electron chi connectivity index (χ1n) is 6.15. The number of hydrogen-bond donors (Lipinski definition) is 0. The van der Waals surface area contributed by atoms with E-state index in [1.807, 2.05) is 45.9 Å². The van der Waals surface area contributed by atoms with Crippen LogP contribution >= 0.6 is 0 Å². The zero-order valence-corrected chi connectivity index (χ0v) is 12.2. The van der Waals surface area contributed by atoms with Crippen LogP contribution in [0.5, 0.6) is 0 Å². The van der Waals surface area contributed by atoms with Gasteiger partial charge in [0.25, 0.3) is 5.54 Å². The molecule has 0 aliphatic heterocycles. The Morgan fingerprint density at radius 3 is 2.26 bits per heavy atom. The Balaban J connectivity index is 3.53. The molecule has 1 rings (SSSR count). The topological polar surface area (TPSA) is 40.5 Å². The van der Waals surface area contributed by atoms with Gasteiger partial charge in [-0.1, -0.05) is 0 Å². The van der Waals surface area contributed by atoms with Gasteiger partial charge in [0.05, 0.1) is 11.5 Å². The van der Waals surface area contributed by atoms with Gasteiger partial charge >= 0.3 is 0 Å². The monoisotopic (exact) mass is 253 g/mol. The number of rotatable bonds is 3. The average Bonchev–Trinajstić information content (AvgIpc) is 2.38. The van der Waals surface area contributed by atoms with Crippen molar-refractivity contribution in [1.29, 1.82) is 5.26 Å². The van der Waals surface area contributed by atoms with Crippen LogP contribution in [-0.4, -0.2) is 13.3 Å². The summed E-state index contributed by atoms with van der Waals surface area (Å²) in [6, 6.07) is 8.17. The highest BCUT2D eigenvalue weighted by molar-refractivity contribution is 5.80. The second-order valence-electron chi connectivity index (χ2n) is 5.64. The Morgan fingerprint density at radius 1 is 1.21 bits per heavy atom. The number of hydrogen-bond acceptors (Lipinski definition) is 2. The average molecular weight is 253 g/mol. The quantitative estimate of drug-likeness (QED) is 0.598. The molecule has 0 aromatic heterocycles. The molecule has 0 N–H and O–H groups in total. The zero-order valence-electron chi connectivity index (χ0n) is 12.2. The molecule has 0 aliphatic rings. The van der Waals surface area contributed by atoms with Crippen molar-refractivity contribution in [2.75, 3.05) is 7.05 Å². The molecule has 0 saturated heterocycles. The molecule has 0 saturated carbocycles. The summed E-state index contributed by atoms with van der Waals surface area (Å²) < 4.78 is 0. The summed E-state index contributed by atoms with van der Waals surface area (Å²) in [4.78, 5) is 7.68. The van der Waals surface area contributed by atoms with Gasteiger partial charge in [0, 0.05) is 32.7 Å². The van der Waals surface area contributed by atoms with Crippen LogP contribution in [-0.2, 0) is 11.0 Å². The second kappa shape index (κ2) is 5.24. The lowest BCUT2D eigenvalue weighted by Crippen LogP contribution is -2.18. The lowest BCUT2D eigenvalue weighted by Gasteiger charge is -2.20. The van der Waals surface area contributed by atoms with Crippen LogP contribution in [0, 0.1) is 17.9 Å². The number of nitrogens with zero attached hydrogens (tertiary/aromatic N) is 3. The van der Waals surface area contributed by atoms with E-state index in [2.05, 4.69) is 15.9 Å². The highest BCUT2D eigenvalue weighted by Gasteiger charge is 2.29. The highest BCUT2D eigenvalue weighted by Crippen LogP contribution is 2.31. The van der Waals surface area contributed by atoms with Crippen LogP contribution < -0.4 is 0 Å². The first-order chi connectivity index (χ1) is 8.76. The van der Waals surface area contributed by atoms with E-state index >= 15 is 0 Å². The Morgan fingerprint density at radius 2 is 1.79 bits per heavy atom. The molecule has 0 radical (unpaired) electrons. The summed E-state index contributed by atoms with van der Waals surface area (Å²) in [7, 11) is 1.71. The van der Waals surface area contributed by atoms with Crippen molar-refractivity contribution >= 4 is 6.21 Å². The van der Waals surface area contributed by atoms with E-state index in [1.54, 1.807) is 13.3 Å². The third-order valence-electron chi connectivity index (χ3n) is 3.22. The molecule has 19 heavy (non-hydrogen) atoms. The van der Waals surface area contributed by atoms with E-state index in [9.17, 15) is 5.26 Å². The van der Waals surface area contributed by atoms with Gasteiger partial charge in [-0.15, -0.1) is 0 Å². The van der Waals surface area contributed by atoms with Crippen molar-refractivity contribution in [3.63, 3.8) is 0 Å². The van der Waals surface area contributed by atoms with Crippen molar-refractivity contribution in [3.05, 3.63) is 46.3 Å². The Labute approximate surface area is 115 Å². The van der Waals surface area contributed by atoms with Gasteiger partial charge in [-0.25, -0.2) is 6.57 Å². The van der Waals surface area contributed by atoms with Crippen LogP contribution in [0.15, 0.2) is 23.2 Å². The van der Waals surface area contributed by atoms with E-state index < -0.39 is 11.0 Å². The van der Waals surface area contributed by atoms with Gasteiger partial charge in [0.2, 0.25) is 0 Å². The SMILES string of the molecule is [C-]#[N+]C(C)(C)c1cc(/C=N\C)cc(C(C)(C)C#N)c1. The van der Waals surface area contributed by atoms with E-state index in [-0.39, 0.29) is 0 Å². The molecule has 0 unspecified atom stereocenters. The van der Waals surface area contributed by atoms with Gasteiger partial charge in [0.15, 0.2) is 0 Å². The molecule has 0 atom stereocenters. The third-order valence-corrected chi connectivity index (χ3v) is 3.22. The third kappa shape index (κ3) is 3.20. The molecule has 0 bridgehead atoms. The molecule has 0 heterocycles. The molecular weight excluding hydrogens is 234 g/mol. The Bertz CT molecular complexity index is 537. The van der Waals surface area contributed by atoms with Crippen LogP contribution in [0.1, 0.15) is 44.4 Å². The highest BCUT2D eigenvalue weighted by atomic mass is 14.8. The maximum Gasteiger partial charge on any atom is 0.252 e. The maximum absolute atomic E-state index is 9.28. The summed E-state index contributed by atoms with van der Waals surface area (Å²) >= 11 is 0. The lowest BCUT2D eigenvalue weighted by molar-refractivity contribution is 0.647. The fourth-order valence-electron chi connectivity index (χ4n) is 1.72. The molecule has 1 aromatic rings. The molecule has 3 nitrogen and oxygen atoms in total.